The van der Waals surface area contributed by atoms with E-state index < -0.39 is 10.5 Å². The Labute approximate surface area is 129 Å². The van der Waals surface area contributed by atoms with Gasteiger partial charge in [0.2, 0.25) is 0 Å². The topological polar surface area (TPSA) is 106 Å². The summed E-state index contributed by atoms with van der Waals surface area (Å²) < 4.78 is 5.04. The van der Waals surface area contributed by atoms with Gasteiger partial charge in [0, 0.05) is 36.6 Å². The summed E-state index contributed by atoms with van der Waals surface area (Å²) in [6.45, 7) is 3.63. The fourth-order valence-electron chi connectivity index (χ4n) is 2.43. The molecule has 116 valence electrons. The Kier molecular flexibility index (Phi) is 3.29. The summed E-state index contributed by atoms with van der Waals surface area (Å²) in [6.07, 6.45) is -0.0520. The molecule has 0 saturated heterocycles. The molecule has 0 bridgehead atoms. The van der Waals surface area contributed by atoms with Crippen LogP contribution in [0, 0.1) is 10.1 Å². The van der Waals surface area contributed by atoms with Gasteiger partial charge in [0.15, 0.2) is 0 Å². The Morgan fingerprint density at radius 1 is 1.30 bits per heavy atom. The zero-order valence-corrected chi connectivity index (χ0v) is 12.1. The van der Waals surface area contributed by atoms with Crippen LogP contribution < -0.4 is 5.63 Å². The zero-order chi connectivity index (χ0) is 16.7. The van der Waals surface area contributed by atoms with Gasteiger partial charge in [-0.25, -0.2) is 9.79 Å². The maximum absolute atomic E-state index is 12.1. The molecule has 0 saturated carbocycles. The van der Waals surface area contributed by atoms with Crippen molar-refractivity contribution in [3.63, 3.8) is 0 Å². The third-order valence-corrected chi connectivity index (χ3v) is 3.63. The molecule has 1 aliphatic rings. The largest absolute Gasteiger partial charge is 0.423 e. The lowest BCUT2D eigenvalue weighted by atomic mass is 10.0. The first-order chi connectivity index (χ1) is 10.9. The highest BCUT2D eigenvalue weighted by molar-refractivity contribution is 6.41. The van der Waals surface area contributed by atoms with Gasteiger partial charge in [-0.2, -0.15) is 0 Å². The van der Waals surface area contributed by atoms with Crippen LogP contribution in [0.2, 0.25) is 0 Å². The molecule has 1 aromatic heterocycles. The van der Waals surface area contributed by atoms with Crippen molar-refractivity contribution in [3.05, 3.63) is 62.8 Å². The summed E-state index contributed by atoms with van der Waals surface area (Å²) in [7, 11) is 1.53. The minimum absolute atomic E-state index is 0.0520. The fraction of sp³-hybridized carbons (Fsp3) is 0.133. The number of nitro groups is 1. The number of amides is 1. The molecule has 0 aliphatic carbocycles. The first kappa shape index (κ1) is 14.6. The number of hydrogen-bond donors (Lipinski definition) is 0. The highest BCUT2D eigenvalue weighted by Gasteiger charge is 2.29. The predicted molar refractivity (Wildman–Crippen MR) is 82.2 cm³/mol. The van der Waals surface area contributed by atoms with Gasteiger partial charge in [-0.1, -0.05) is 6.58 Å². The highest BCUT2D eigenvalue weighted by Crippen LogP contribution is 2.29. The van der Waals surface area contributed by atoms with Crippen LogP contribution in [0.4, 0.5) is 5.69 Å². The van der Waals surface area contributed by atoms with Crippen LogP contribution in [0.3, 0.4) is 0 Å². The van der Waals surface area contributed by atoms with Gasteiger partial charge < -0.3 is 4.42 Å². The van der Waals surface area contributed by atoms with E-state index in [1.165, 1.54) is 36.2 Å². The molecular weight excluding hydrogens is 302 g/mol. The maximum Gasteiger partial charge on any atom is 0.336 e. The standard InChI is InChI=1S/C15H11N3O5/c1-8-16-11(15(20)17(8)2)7-10-9-3-6-14(19)23-13(9)5-4-12(10)18(21)22/h3-6H,1,7H2,2H3. The number of nitrogens with zero attached hydrogens (tertiary/aromatic N) is 3. The molecule has 3 rings (SSSR count). The Morgan fingerprint density at radius 3 is 2.65 bits per heavy atom. The molecule has 2 aromatic rings. The van der Waals surface area contributed by atoms with Gasteiger partial charge in [-0.05, 0) is 12.1 Å². The van der Waals surface area contributed by atoms with Crippen LogP contribution in [0.15, 0.2) is 50.9 Å². The minimum Gasteiger partial charge on any atom is -0.423 e. The van der Waals surface area contributed by atoms with E-state index in [9.17, 15) is 19.7 Å². The lowest BCUT2D eigenvalue weighted by molar-refractivity contribution is -0.385. The van der Waals surface area contributed by atoms with Crippen LogP contribution in [-0.4, -0.2) is 28.5 Å². The second-order valence-corrected chi connectivity index (χ2v) is 5.00. The SMILES string of the molecule is C=C1N=C(Cc2c([N+](=O)[O-])ccc3oc(=O)ccc23)C(=O)N1C. The van der Waals surface area contributed by atoms with E-state index in [-0.39, 0.29) is 40.7 Å². The normalized spacial score (nSPS) is 14.5. The molecule has 0 N–H and O–H groups in total. The van der Waals surface area contributed by atoms with Crippen molar-refractivity contribution in [1.82, 2.24) is 4.90 Å². The van der Waals surface area contributed by atoms with Crippen LogP contribution in [0.25, 0.3) is 11.0 Å². The van der Waals surface area contributed by atoms with Crippen molar-refractivity contribution in [2.75, 3.05) is 7.05 Å². The van der Waals surface area contributed by atoms with Crippen molar-refractivity contribution in [3.8, 4) is 0 Å². The summed E-state index contributed by atoms with van der Waals surface area (Å²) in [4.78, 5) is 39.4. The number of carbonyl (C=O) groups excluding carboxylic acids is 1. The molecule has 1 amide bonds. The van der Waals surface area contributed by atoms with E-state index in [4.69, 9.17) is 4.42 Å². The summed E-state index contributed by atoms with van der Waals surface area (Å²) in [5, 5.41) is 11.7. The first-order valence-electron chi connectivity index (χ1n) is 6.63. The van der Waals surface area contributed by atoms with Crippen LogP contribution in [0.1, 0.15) is 5.56 Å². The van der Waals surface area contributed by atoms with E-state index in [2.05, 4.69) is 11.6 Å². The summed E-state index contributed by atoms with van der Waals surface area (Å²) in [5.41, 5.74) is -0.0798. The number of fused-ring (bicyclic) bond motifs is 1. The second kappa shape index (κ2) is 5.16. The highest BCUT2D eigenvalue weighted by atomic mass is 16.6. The van der Waals surface area contributed by atoms with E-state index in [1.807, 2.05) is 0 Å². The van der Waals surface area contributed by atoms with E-state index in [0.29, 0.717) is 5.39 Å². The molecule has 2 heterocycles. The number of benzene rings is 1. The number of hydrogen-bond acceptors (Lipinski definition) is 6. The number of aliphatic imine (C=N–C) groups is 1. The van der Waals surface area contributed by atoms with E-state index >= 15 is 0 Å². The Bertz CT molecular complexity index is 957. The summed E-state index contributed by atoms with van der Waals surface area (Å²) in [6, 6.07) is 5.24. The monoisotopic (exact) mass is 313 g/mol. The summed E-state index contributed by atoms with van der Waals surface area (Å²) in [5.74, 6) is -0.0851. The molecule has 8 nitrogen and oxygen atoms in total. The van der Waals surface area contributed by atoms with E-state index in [0.717, 1.165) is 0 Å². The smallest absolute Gasteiger partial charge is 0.336 e. The third-order valence-electron chi connectivity index (χ3n) is 3.63. The van der Waals surface area contributed by atoms with Gasteiger partial charge >= 0.3 is 5.63 Å². The molecule has 8 heteroatoms. The summed E-state index contributed by atoms with van der Waals surface area (Å²) >= 11 is 0. The third kappa shape index (κ3) is 2.39. The van der Waals surface area contributed by atoms with Crippen LogP contribution in [-0.2, 0) is 11.2 Å². The molecule has 0 fully saturated rings. The van der Waals surface area contributed by atoms with Crippen LogP contribution >= 0.6 is 0 Å². The second-order valence-electron chi connectivity index (χ2n) is 5.00. The molecule has 0 atom stereocenters. The number of nitro benzene ring substituents is 1. The Hall–Kier alpha value is -3.29. The number of carbonyl (C=O) groups is 1. The lowest BCUT2D eigenvalue weighted by Crippen LogP contribution is -2.26. The zero-order valence-electron chi connectivity index (χ0n) is 12.1. The van der Waals surface area contributed by atoms with Gasteiger partial charge in [-0.15, -0.1) is 0 Å². The average molecular weight is 313 g/mol. The van der Waals surface area contributed by atoms with Crippen molar-refractivity contribution in [1.29, 1.82) is 0 Å². The van der Waals surface area contributed by atoms with Gasteiger partial charge in [-0.3, -0.25) is 19.8 Å². The first-order valence-corrected chi connectivity index (χ1v) is 6.63. The fourth-order valence-corrected chi connectivity index (χ4v) is 2.43. The van der Waals surface area contributed by atoms with Gasteiger partial charge in [0.1, 0.15) is 17.1 Å². The van der Waals surface area contributed by atoms with Crippen molar-refractivity contribution < 1.29 is 14.1 Å². The Morgan fingerprint density at radius 2 is 2.04 bits per heavy atom. The number of rotatable bonds is 3. The minimum atomic E-state index is -0.556. The van der Waals surface area contributed by atoms with Crippen molar-refractivity contribution in [2.45, 2.75) is 6.42 Å². The molecule has 1 aliphatic heterocycles. The molecule has 1 aromatic carbocycles. The molecule has 0 unspecified atom stereocenters. The molecule has 0 spiro atoms. The quantitative estimate of drug-likeness (QED) is 0.486. The van der Waals surface area contributed by atoms with Gasteiger partial charge in [0.05, 0.1) is 4.92 Å². The lowest BCUT2D eigenvalue weighted by Gasteiger charge is -2.08. The molecule has 23 heavy (non-hydrogen) atoms. The molecule has 0 radical (unpaired) electrons. The van der Waals surface area contributed by atoms with Crippen molar-refractivity contribution >= 4 is 28.3 Å². The predicted octanol–water partition coefficient (Wildman–Crippen LogP) is 1.63. The van der Waals surface area contributed by atoms with Crippen LogP contribution in [0.5, 0.6) is 0 Å². The average Bonchev–Trinajstić information content (AvgIpc) is 2.74. The van der Waals surface area contributed by atoms with Gasteiger partial charge in [0.25, 0.3) is 11.6 Å². The Balaban J connectivity index is 2.19. The molecular formula is C15H11N3O5. The van der Waals surface area contributed by atoms with Crippen molar-refractivity contribution in [2.24, 2.45) is 4.99 Å². The van der Waals surface area contributed by atoms with E-state index in [1.54, 1.807) is 0 Å². The maximum atomic E-state index is 12.1.